The molecule has 2 aliphatic heterocycles. The number of hydrogen-bond acceptors (Lipinski definition) is 8. The van der Waals surface area contributed by atoms with Crippen LogP contribution < -0.4 is 0 Å². The molecule has 6 heterocycles. The van der Waals surface area contributed by atoms with Crippen molar-refractivity contribution in [2.75, 3.05) is 52.4 Å². The van der Waals surface area contributed by atoms with Crippen LogP contribution in [-0.4, -0.2) is 145 Å². The van der Waals surface area contributed by atoms with Gasteiger partial charge in [-0.1, -0.05) is 72.9 Å². The van der Waals surface area contributed by atoms with Crippen molar-refractivity contribution in [1.82, 2.24) is 39.5 Å². The van der Waals surface area contributed by atoms with Gasteiger partial charge in [0.2, 0.25) is 0 Å². The number of fused-ring (bicyclic) bond motifs is 2. The Morgan fingerprint density at radius 1 is 0.584 bits per heavy atom. The Labute approximate surface area is 475 Å². The average molecular weight is 1260 g/mol. The van der Waals surface area contributed by atoms with Gasteiger partial charge in [0.25, 0.3) is 35.2 Å². The van der Waals surface area contributed by atoms with Crippen LogP contribution in [0.4, 0.5) is 0 Å². The van der Waals surface area contributed by atoms with Gasteiger partial charge < -0.3 is 29.6 Å². The fraction of sp³-hybridized carbons (Fsp3) is 0.390. The summed E-state index contributed by atoms with van der Waals surface area (Å²) in [7, 11) is 0. The molecule has 0 aliphatic carbocycles. The Morgan fingerprint density at radius 2 is 0.974 bits per heavy atom. The predicted molar refractivity (Wildman–Crippen MR) is 314 cm³/mol. The molecule has 0 unspecified atom stereocenters. The number of nitrogens with one attached hydrogen (secondary N) is 2. The van der Waals surface area contributed by atoms with E-state index in [2.05, 4.69) is 85.3 Å². The van der Waals surface area contributed by atoms with Crippen molar-refractivity contribution in [3.63, 3.8) is 0 Å². The summed E-state index contributed by atoms with van der Waals surface area (Å²) in [6, 6.07) is 18.0. The molecule has 14 nitrogen and oxygen atoms in total. The van der Waals surface area contributed by atoms with Gasteiger partial charge in [-0.15, -0.1) is 0 Å². The molecule has 4 amide bonds. The second-order valence-corrected chi connectivity index (χ2v) is 32.5. The zero-order chi connectivity index (χ0) is 54.8. The van der Waals surface area contributed by atoms with Crippen LogP contribution in [0.3, 0.4) is 0 Å². The molecular weight excluding hydrogens is 1190 g/mol. The van der Waals surface area contributed by atoms with Crippen LogP contribution in [0.25, 0.3) is 21.8 Å². The zero-order valence-corrected chi connectivity index (χ0v) is 49.8. The standard InChI is InChI=1S/C23H19ClN4O3.C20H16BrClN4O3.3C4H9.C3H3.CH4.Sn/c1-2-6-18-20-19(17(24)14-25-18)16(13-26-20)21(29)23(31)28-11-9-27(10-12-28)22(30)15-7-4-3-5-8-15;21-18-16-15(14(22)11-24-18)13(10-23-16)17(27)20(29)26-8-6-25(7-9-26)19(28)12-4-2-1-3-5-12;3*1-3-4-2;1-3-2;;/h3-5,7-8,13-14,26H,9-12H2,1H3;1-5,10-11,23H,6-9H2;3*1,3-4H2,2H3;1H3;1H4;. The van der Waals surface area contributed by atoms with Gasteiger partial charge in [-0.3, -0.25) is 28.8 Å². The number of unbranched alkanes of at least 4 members (excludes halogenated alkanes) is 3. The van der Waals surface area contributed by atoms with E-state index in [0.29, 0.717) is 87.5 Å². The van der Waals surface area contributed by atoms with Gasteiger partial charge in [0.15, 0.2) is 0 Å². The number of benzene rings is 2. The third-order valence-corrected chi connectivity index (χ3v) is 28.2. The van der Waals surface area contributed by atoms with E-state index in [9.17, 15) is 28.8 Å². The number of amides is 4. The molecule has 0 saturated carbocycles. The van der Waals surface area contributed by atoms with Crippen molar-refractivity contribution < 1.29 is 28.8 Å². The Balaban J connectivity index is 0.000000223. The van der Waals surface area contributed by atoms with Gasteiger partial charge in [-0.2, -0.15) is 0 Å². The third kappa shape index (κ3) is 15.6. The van der Waals surface area contributed by atoms with E-state index in [0.717, 1.165) is 0 Å². The van der Waals surface area contributed by atoms with Gasteiger partial charge >= 0.3 is 108 Å². The fourth-order valence-corrected chi connectivity index (χ4v) is 23.9. The number of pyridine rings is 2. The maximum atomic E-state index is 13.0. The minimum Gasteiger partial charge on any atom is -0.358 e. The van der Waals surface area contributed by atoms with E-state index in [-0.39, 0.29) is 48.5 Å². The Hall–Kier alpha value is -5.98. The number of rotatable bonds is 15. The van der Waals surface area contributed by atoms with E-state index in [4.69, 9.17) is 23.2 Å². The number of hydrogen-bond donors (Lipinski definition) is 2. The summed E-state index contributed by atoms with van der Waals surface area (Å²) < 4.78 is 8.83. The fourth-order valence-electron chi connectivity index (χ4n) is 9.40. The van der Waals surface area contributed by atoms with E-state index >= 15 is 0 Å². The molecule has 2 aromatic carbocycles. The van der Waals surface area contributed by atoms with Crippen molar-refractivity contribution in [3.05, 3.63) is 128 Å². The summed E-state index contributed by atoms with van der Waals surface area (Å²) in [5.74, 6) is 6.21. The molecule has 0 spiro atoms. The SMILES string of the molecule is C.CC#Cc1ncc(Cl)c2c(C(=O)C(=O)N3CCN(C(=O)c4ccccc4)CC3)c[nH]c12.CC#[C][Sn]([CH2]CCC)([CH2]CCC)[CH2]CCC.O=C(C(=O)N1CCN(C(=O)c2ccccc2)CC1)c1c[nH]c2c(Br)ncc(Cl)c12. The zero-order valence-electron chi connectivity index (χ0n) is 43.9. The Kier molecular flexibility index (Phi) is 24.3. The number of carbonyl (C=O) groups excluding carboxylic acids is 6. The van der Waals surface area contributed by atoms with Crippen LogP contribution >= 0.6 is 39.1 Å². The first kappa shape index (κ1) is 61.9. The molecule has 2 N–H and O–H groups in total. The number of carbonyl (C=O) groups is 6. The topological polar surface area (TPSA) is 173 Å². The monoisotopic (exact) mass is 1250 g/mol. The average Bonchev–Trinajstić information content (AvgIpc) is 4.15. The van der Waals surface area contributed by atoms with Crippen LogP contribution in [0.15, 0.2) is 90.1 Å². The predicted octanol–water partition coefficient (Wildman–Crippen LogP) is 11.9. The van der Waals surface area contributed by atoms with Gasteiger partial charge in [0, 0.05) is 99.0 Å². The molecule has 0 radical (unpaired) electrons. The number of ketones is 2. The molecule has 2 aliphatic rings. The van der Waals surface area contributed by atoms with Crippen molar-refractivity contribution in [3.8, 4) is 21.7 Å². The normalized spacial score (nSPS) is 13.1. The number of aromatic nitrogens is 4. The summed E-state index contributed by atoms with van der Waals surface area (Å²) in [5.41, 5.74) is 3.15. The molecule has 406 valence electrons. The van der Waals surface area contributed by atoms with E-state index in [1.54, 1.807) is 41.0 Å². The first-order valence-electron chi connectivity index (χ1n) is 25.9. The van der Waals surface area contributed by atoms with Crippen LogP contribution in [0.1, 0.15) is 128 Å². The minimum absolute atomic E-state index is 0. The van der Waals surface area contributed by atoms with Gasteiger partial charge in [-0.05, 0) is 53.0 Å². The summed E-state index contributed by atoms with van der Waals surface area (Å²) >= 11 is 13.7. The molecule has 0 atom stereocenters. The maximum Gasteiger partial charge on any atom is 0.295 e. The van der Waals surface area contributed by atoms with Gasteiger partial charge in [-0.25, -0.2) is 9.97 Å². The van der Waals surface area contributed by atoms with Crippen molar-refractivity contribution >= 4 is 115 Å². The number of halogens is 3. The van der Waals surface area contributed by atoms with Gasteiger partial charge in [0.05, 0.1) is 32.2 Å². The molecule has 4 aromatic heterocycles. The van der Waals surface area contributed by atoms with E-state index in [1.807, 2.05) is 36.4 Å². The smallest absolute Gasteiger partial charge is 0.295 e. The second kappa shape index (κ2) is 30.2. The second-order valence-electron chi connectivity index (χ2n) is 18.7. The molecular formula is C59H69BrCl2N8O6Sn. The van der Waals surface area contributed by atoms with Crippen molar-refractivity contribution in [1.29, 1.82) is 0 Å². The Morgan fingerprint density at radius 3 is 1.38 bits per heavy atom. The number of aromatic amines is 2. The summed E-state index contributed by atoms with van der Waals surface area (Å²) in [6.45, 7) is 13.3. The molecule has 8 rings (SSSR count). The molecule has 2 fully saturated rings. The van der Waals surface area contributed by atoms with E-state index in [1.165, 1.54) is 86.4 Å². The minimum atomic E-state index is -2.02. The van der Waals surface area contributed by atoms with Crippen molar-refractivity contribution in [2.45, 2.75) is 93.9 Å². The molecule has 77 heavy (non-hydrogen) atoms. The number of nitrogens with zero attached hydrogens (tertiary/aromatic N) is 6. The quantitative estimate of drug-likeness (QED) is 0.0336. The molecule has 6 aromatic rings. The van der Waals surface area contributed by atoms with Crippen molar-refractivity contribution in [2.24, 2.45) is 0 Å². The first-order chi connectivity index (χ1) is 36.7. The number of Topliss-reactive ketones (excluding diaryl/α,β-unsaturated/α-hetero) is 2. The molecule has 18 heteroatoms. The van der Waals surface area contributed by atoms with Crippen LogP contribution in [-0.2, 0) is 9.59 Å². The van der Waals surface area contributed by atoms with Gasteiger partial charge in [0.1, 0.15) is 10.3 Å². The maximum absolute atomic E-state index is 13.0. The number of H-pyrrole nitrogens is 2. The third-order valence-electron chi connectivity index (χ3n) is 13.6. The Bertz CT molecular complexity index is 3130. The number of piperazine rings is 2. The summed E-state index contributed by atoms with van der Waals surface area (Å²) in [4.78, 5) is 97.1. The van der Waals surface area contributed by atoms with E-state index < -0.39 is 41.8 Å². The summed E-state index contributed by atoms with van der Waals surface area (Å²) in [6.07, 6.45) is 14.1. The largest absolute Gasteiger partial charge is 0.358 e. The van der Waals surface area contributed by atoms with Crippen LogP contribution in [0.5, 0.6) is 0 Å². The van der Waals surface area contributed by atoms with Crippen LogP contribution in [0.2, 0.25) is 23.4 Å². The first-order valence-corrected chi connectivity index (χ1v) is 34.9. The molecule has 2 saturated heterocycles. The summed E-state index contributed by atoms with van der Waals surface area (Å²) in [5, 5.41) is 1.46. The molecule has 0 bridgehead atoms. The van der Waals surface area contributed by atoms with Crippen LogP contribution in [0, 0.1) is 21.7 Å².